The predicted octanol–water partition coefficient (Wildman–Crippen LogP) is 4.75. The van der Waals surface area contributed by atoms with Gasteiger partial charge < -0.3 is 9.73 Å². The molecular formula is C16H20BrNO. The molecular weight excluding hydrogens is 302 g/mol. The molecule has 1 unspecified atom stereocenters. The van der Waals surface area contributed by atoms with Gasteiger partial charge in [-0.15, -0.1) is 0 Å². The minimum Gasteiger partial charge on any atom is -0.452 e. The lowest BCUT2D eigenvalue weighted by Gasteiger charge is -2.19. The molecule has 0 saturated heterocycles. The highest BCUT2D eigenvalue weighted by Gasteiger charge is 2.19. The van der Waals surface area contributed by atoms with Crippen LogP contribution in [-0.4, -0.2) is 6.54 Å². The highest BCUT2D eigenvalue weighted by Crippen LogP contribution is 2.28. The lowest BCUT2D eigenvalue weighted by Crippen LogP contribution is -2.23. The Labute approximate surface area is 123 Å². The molecule has 0 aliphatic heterocycles. The van der Waals surface area contributed by atoms with E-state index in [1.165, 1.54) is 16.7 Å². The zero-order valence-electron chi connectivity index (χ0n) is 11.7. The number of rotatable bonds is 5. The smallest absolute Gasteiger partial charge is 0.169 e. The Balaban J connectivity index is 2.39. The summed E-state index contributed by atoms with van der Waals surface area (Å²) < 4.78 is 6.52. The Morgan fingerprint density at radius 1 is 1.21 bits per heavy atom. The SMILES string of the molecule is CCCNC(c1ccc(Br)o1)c1cc(C)ccc1C. The summed E-state index contributed by atoms with van der Waals surface area (Å²) in [5.74, 6) is 0.953. The van der Waals surface area contributed by atoms with E-state index in [0.29, 0.717) is 0 Å². The molecule has 0 saturated carbocycles. The summed E-state index contributed by atoms with van der Waals surface area (Å²) in [6, 6.07) is 10.6. The number of halogens is 1. The summed E-state index contributed by atoms with van der Waals surface area (Å²) in [6.07, 6.45) is 1.10. The van der Waals surface area contributed by atoms with Crippen molar-refractivity contribution in [3.8, 4) is 0 Å². The third-order valence-corrected chi connectivity index (χ3v) is 3.65. The molecule has 0 radical (unpaired) electrons. The Kier molecular flexibility index (Phi) is 4.83. The number of aryl methyl sites for hydroxylation is 2. The molecule has 0 spiro atoms. The van der Waals surface area contributed by atoms with Crippen LogP contribution >= 0.6 is 15.9 Å². The Morgan fingerprint density at radius 2 is 2.00 bits per heavy atom. The van der Waals surface area contributed by atoms with Gasteiger partial charge >= 0.3 is 0 Å². The maximum absolute atomic E-state index is 5.75. The number of hydrogen-bond acceptors (Lipinski definition) is 2. The van der Waals surface area contributed by atoms with Crippen molar-refractivity contribution in [3.05, 3.63) is 57.5 Å². The molecule has 2 nitrogen and oxygen atoms in total. The van der Waals surface area contributed by atoms with E-state index < -0.39 is 0 Å². The van der Waals surface area contributed by atoms with E-state index in [9.17, 15) is 0 Å². The van der Waals surface area contributed by atoms with Crippen molar-refractivity contribution in [3.63, 3.8) is 0 Å². The predicted molar refractivity (Wildman–Crippen MR) is 82.5 cm³/mol. The quantitative estimate of drug-likeness (QED) is 0.859. The third-order valence-electron chi connectivity index (χ3n) is 3.22. The van der Waals surface area contributed by atoms with Gasteiger partial charge in [0.25, 0.3) is 0 Å². The summed E-state index contributed by atoms with van der Waals surface area (Å²) in [7, 11) is 0. The second kappa shape index (κ2) is 6.40. The molecule has 2 rings (SSSR count). The number of benzene rings is 1. The van der Waals surface area contributed by atoms with Gasteiger partial charge in [0.05, 0.1) is 6.04 Å². The van der Waals surface area contributed by atoms with Gasteiger partial charge in [-0.1, -0.05) is 30.7 Å². The standard InChI is InChI=1S/C16H20BrNO/c1-4-9-18-16(14-7-8-15(17)19-14)13-10-11(2)5-6-12(13)3/h5-8,10,16,18H,4,9H2,1-3H3. The normalized spacial score (nSPS) is 12.6. The maximum Gasteiger partial charge on any atom is 0.169 e. The Hall–Kier alpha value is -1.06. The highest BCUT2D eigenvalue weighted by atomic mass is 79.9. The van der Waals surface area contributed by atoms with Gasteiger partial charge in [-0.05, 0) is 66.0 Å². The molecule has 1 aromatic carbocycles. The van der Waals surface area contributed by atoms with Crippen molar-refractivity contribution < 1.29 is 4.42 Å². The first kappa shape index (κ1) is 14.4. The van der Waals surface area contributed by atoms with E-state index in [-0.39, 0.29) is 6.04 Å². The Bertz CT molecular complexity index is 547. The fourth-order valence-corrected chi connectivity index (χ4v) is 2.53. The molecule has 19 heavy (non-hydrogen) atoms. The second-order valence-corrected chi connectivity index (χ2v) is 5.67. The van der Waals surface area contributed by atoms with Crippen LogP contribution in [0.15, 0.2) is 39.4 Å². The van der Waals surface area contributed by atoms with E-state index in [2.05, 4.69) is 60.2 Å². The summed E-state index contributed by atoms with van der Waals surface area (Å²) >= 11 is 3.38. The van der Waals surface area contributed by atoms with E-state index in [4.69, 9.17) is 4.42 Å². The summed E-state index contributed by atoms with van der Waals surface area (Å²) in [5, 5.41) is 3.57. The van der Waals surface area contributed by atoms with Crippen LogP contribution in [0.1, 0.15) is 41.8 Å². The van der Waals surface area contributed by atoms with Crippen LogP contribution in [0, 0.1) is 13.8 Å². The summed E-state index contributed by atoms with van der Waals surface area (Å²) in [5.41, 5.74) is 3.84. The van der Waals surface area contributed by atoms with Gasteiger partial charge in [0.2, 0.25) is 0 Å². The van der Waals surface area contributed by atoms with Crippen molar-refractivity contribution in [2.45, 2.75) is 33.2 Å². The van der Waals surface area contributed by atoms with E-state index in [1.807, 2.05) is 12.1 Å². The van der Waals surface area contributed by atoms with Gasteiger partial charge in [0.1, 0.15) is 5.76 Å². The largest absolute Gasteiger partial charge is 0.452 e. The van der Waals surface area contributed by atoms with Gasteiger partial charge in [0.15, 0.2) is 4.67 Å². The molecule has 1 aromatic heterocycles. The second-order valence-electron chi connectivity index (χ2n) is 4.89. The van der Waals surface area contributed by atoms with Crippen molar-refractivity contribution >= 4 is 15.9 Å². The number of furan rings is 1. The van der Waals surface area contributed by atoms with E-state index >= 15 is 0 Å². The van der Waals surface area contributed by atoms with Crippen LogP contribution < -0.4 is 5.32 Å². The highest BCUT2D eigenvalue weighted by molar-refractivity contribution is 9.10. The lowest BCUT2D eigenvalue weighted by molar-refractivity contribution is 0.432. The lowest BCUT2D eigenvalue weighted by atomic mass is 9.97. The number of nitrogens with one attached hydrogen (secondary N) is 1. The first-order chi connectivity index (χ1) is 9.11. The van der Waals surface area contributed by atoms with Crippen LogP contribution in [0.3, 0.4) is 0 Å². The van der Waals surface area contributed by atoms with Crippen molar-refractivity contribution in [1.82, 2.24) is 5.32 Å². The molecule has 2 aromatic rings. The minimum atomic E-state index is 0.117. The molecule has 3 heteroatoms. The molecule has 0 aliphatic rings. The van der Waals surface area contributed by atoms with Gasteiger partial charge in [-0.2, -0.15) is 0 Å². The minimum absolute atomic E-state index is 0.117. The first-order valence-electron chi connectivity index (χ1n) is 6.67. The topological polar surface area (TPSA) is 25.2 Å². The van der Waals surface area contributed by atoms with Crippen LogP contribution in [0.5, 0.6) is 0 Å². The molecule has 0 aliphatic carbocycles. The first-order valence-corrected chi connectivity index (χ1v) is 7.47. The molecule has 0 bridgehead atoms. The molecule has 102 valence electrons. The van der Waals surface area contributed by atoms with Gasteiger partial charge in [-0.3, -0.25) is 0 Å². The van der Waals surface area contributed by atoms with Gasteiger partial charge in [-0.25, -0.2) is 0 Å². The van der Waals surface area contributed by atoms with Gasteiger partial charge in [0, 0.05) is 0 Å². The summed E-state index contributed by atoms with van der Waals surface area (Å²) in [6.45, 7) is 7.41. The maximum atomic E-state index is 5.75. The van der Waals surface area contributed by atoms with Crippen LogP contribution in [0.25, 0.3) is 0 Å². The fraction of sp³-hybridized carbons (Fsp3) is 0.375. The number of hydrogen-bond donors (Lipinski definition) is 1. The Morgan fingerprint density at radius 3 is 2.63 bits per heavy atom. The van der Waals surface area contributed by atoms with Crippen molar-refractivity contribution in [1.29, 1.82) is 0 Å². The third kappa shape index (κ3) is 3.48. The van der Waals surface area contributed by atoms with Crippen LogP contribution in [0.2, 0.25) is 0 Å². The van der Waals surface area contributed by atoms with Crippen LogP contribution in [0.4, 0.5) is 0 Å². The zero-order chi connectivity index (χ0) is 13.8. The monoisotopic (exact) mass is 321 g/mol. The van der Waals surface area contributed by atoms with E-state index in [1.54, 1.807) is 0 Å². The molecule has 1 atom stereocenters. The van der Waals surface area contributed by atoms with Crippen molar-refractivity contribution in [2.24, 2.45) is 0 Å². The molecule has 0 fully saturated rings. The molecule has 0 amide bonds. The van der Waals surface area contributed by atoms with Crippen molar-refractivity contribution in [2.75, 3.05) is 6.54 Å². The molecule has 1 N–H and O–H groups in total. The summed E-state index contributed by atoms with van der Waals surface area (Å²) in [4.78, 5) is 0. The average molecular weight is 322 g/mol. The average Bonchev–Trinajstić information content (AvgIpc) is 2.80. The fourth-order valence-electron chi connectivity index (χ4n) is 2.21. The van der Waals surface area contributed by atoms with Crippen LogP contribution in [-0.2, 0) is 0 Å². The zero-order valence-corrected chi connectivity index (χ0v) is 13.3. The molecule has 1 heterocycles. The van der Waals surface area contributed by atoms with E-state index in [0.717, 1.165) is 23.4 Å².